The van der Waals surface area contributed by atoms with E-state index in [9.17, 15) is 14.4 Å². The quantitative estimate of drug-likeness (QED) is 0.706. The second-order valence-corrected chi connectivity index (χ2v) is 5.15. The molecule has 1 saturated heterocycles. The van der Waals surface area contributed by atoms with Gasteiger partial charge in [-0.05, 0) is 25.1 Å². The Bertz CT molecular complexity index is 612. The molecule has 2 N–H and O–H groups in total. The minimum absolute atomic E-state index is 0.103. The van der Waals surface area contributed by atoms with E-state index >= 15 is 0 Å². The maximum Gasteiger partial charge on any atom is 0.258 e. The molecule has 0 bridgehead atoms. The maximum absolute atomic E-state index is 12.4. The van der Waals surface area contributed by atoms with Gasteiger partial charge in [-0.2, -0.15) is 0 Å². The lowest BCUT2D eigenvalue weighted by Crippen LogP contribution is -2.51. The minimum atomic E-state index is -0.437. The molecular formula is C14H15N3O3. The highest BCUT2D eigenvalue weighted by Crippen LogP contribution is 2.18. The summed E-state index contributed by atoms with van der Waals surface area (Å²) in [5.74, 6) is -0.943. The van der Waals surface area contributed by atoms with Crippen LogP contribution in [0.1, 0.15) is 38.0 Å². The summed E-state index contributed by atoms with van der Waals surface area (Å²) in [4.78, 5) is 37.3. The summed E-state index contributed by atoms with van der Waals surface area (Å²) in [6.07, 6.45) is 0. The maximum atomic E-state index is 12.4. The molecule has 0 radical (unpaired) electrons. The fourth-order valence-electron chi connectivity index (χ4n) is 2.60. The largest absolute Gasteiger partial charge is 0.336 e. The molecule has 0 aromatic heterocycles. The van der Waals surface area contributed by atoms with Crippen molar-refractivity contribution in [2.75, 3.05) is 19.6 Å². The van der Waals surface area contributed by atoms with Crippen LogP contribution in [0.3, 0.4) is 0 Å². The minimum Gasteiger partial charge on any atom is -0.336 e. The lowest BCUT2D eigenvalue weighted by atomic mass is 10.0. The number of imide groups is 1. The number of benzene rings is 1. The fourth-order valence-corrected chi connectivity index (χ4v) is 2.60. The van der Waals surface area contributed by atoms with Crippen LogP contribution in [-0.4, -0.2) is 48.3 Å². The molecule has 1 aromatic rings. The van der Waals surface area contributed by atoms with Crippen LogP contribution in [0.4, 0.5) is 0 Å². The summed E-state index contributed by atoms with van der Waals surface area (Å²) < 4.78 is 0. The summed E-state index contributed by atoms with van der Waals surface area (Å²) in [6, 6.07) is 4.90. The number of hydrogen-bond donors (Lipinski definition) is 2. The molecule has 0 unspecified atom stereocenters. The van der Waals surface area contributed by atoms with Gasteiger partial charge in [0.05, 0.1) is 11.1 Å². The van der Waals surface area contributed by atoms with E-state index in [0.717, 1.165) is 6.54 Å². The highest BCUT2D eigenvalue weighted by atomic mass is 16.2. The highest BCUT2D eigenvalue weighted by Gasteiger charge is 2.29. The standard InChI is InChI=1S/C14H15N3O3/c1-8-7-17(5-4-15-8)14(20)9-2-3-10-11(6-9)13(19)16-12(10)18/h2-3,6,8,15H,4-5,7H2,1H3,(H,16,18,19)/t8-/m1/s1. The van der Waals surface area contributed by atoms with Gasteiger partial charge in [0.15, 0.2) is 0 Å². The Morgan fingerprint density at radius 2 is 2.00 bits per heavy atom. The molecule has 0 aliphatic carbocycles. The molecule has 20 heavy (non-hydrogen) atoms. The molecule has 3 rings (SSSR count). The van der Waals surface area contributed by atoms with Crippen molar-refractivity contribution in [2.45, 2.75) is 13.0 Å². The van der Waals surface area contributed by atoms with Gasteiger partial charge in [-0.25, -0.2) is 0 Å². The van der Waals surface area contributed by atoms with E-state index in [-0.39, 0.29) is 17.5 Å². The Morgan fingerprint density at radius 1 is 1.25 bits per heavy atom. The Morgan fingerprint density at radius 3 is 2.75 bits per heavy atom. The van der Waals surface area contributed by atoms with E-state index in [0.29, 0.717) is 24.2 Å². The van der Waals surface area contributed by atoms with E-state index in [1.165, 1.54) is 12.1 Å². The van der Waals surface area contributed by atoms with Crippen molar-refractivity contribution in [2.24, 2.45) is 0 Å². The Labute approximate surface area is 116 Å². The van der Waals surface area contributed by atoms with Crippen LogP contribution in [0.5, 0.6) is 0 Å². The van der Waals surface area contributed by atoms with Crippen LogP contribution in [0.15, 0.2) is 18.2 Å². The van der Waals surface area contributed by atoms with E-state index in [1.807, 2.05) is 6.92 Å². The summed E-state index contributed by atoms with van der Waals surface area (Å²) in [5.41, 5.74) is 1.06. The van der Waals surface area contributed by atoms with Gasteiger partial charge in [-0.3, -0.25) is 19.7 Å². The van der Waals surface area contributed by atoms with E-state index in [1.54, 1.807) is 11.0 Å². The van der Waals surface area contributed by atoms with E-state index in [2.05, 4.69) is 10.6 Å². The monoisotopic (exact) mass is 273 g/mol. The normalized spacial score (nSPS) is 21.6. The average molecular weight is 273 g/mol. The van der Waals surface area contributed by atoms with Gasteiger partial charge in [0.25, 0.3) is 17.7 Å². The zero-order valence-electron chi connectivity index (χ0n) is 11.1. The number of nitrogens with zero attached hydrogens (tertiary/aromatic N) is 1. The SMILES string of the molecule is C[C@@H]1CN(C(=O)c2ccc3c(c2)C(=O)NC3=O)CCN1. The summed E-state index contributed by atoms with van der Waals surface area (Å²) in [5, 5.41) is 5.49. The molecule has 6 nitrogen and oxygen atoms in total. The predicted molar refractivity (Wildman–Crippen MR) is 71.6 cm³/mol. The number of rotatable bonds is 1. The summed E-state index contributed by atoms with van der Waals surface area (Å²) in [7, 11) is 0. The van der Waals surface area contributed by atoms with Crippen LogP contribution in [0, 0.1) is 0 Å². The zero-order chi connectivity index (χ0) is 14.3. The third-order valence-electron chi connectivity index (χ3n) is 3.64. The van der Waals surface area contributed by atoms with Gasteiger partial charge in [0, 0.05) is 31.2 Å². The number of nitrogens with one attached hydrogen (secondary N) is 2. The zero-order valence-corrected chi connectivity index (χ0v) is 11.1. The van der Waals surface area contributed by atoms with E-state index < -0.39 is 11.8 Å². The first-order valence-electron chi connectivity index (χ1n) is 6.58. The second-order valence-electron chi connectivity index (χ2n) is 5.15. The Kier molecular flexibility index (Phi) is 3.02. The van der Waals surface area contributed by atoms with Crippen molar-refractivity contribution in [3.63, 3.8) is 0 Å². The number of fused-ring (bicyclic) bond motifs is 1. The molecule has 1 atom stereocenters. The van der Waals surface area contributed by atoms with Crippen molar-refractivity contribution in [3.05, 3.63) is 34.9 Å². The number of piperazine rings is 1. The van der Waals surface area contributed by atoms with Crippen molar-refractivity contribution in [1.82, 2.24) is 15.5 Å². The van der Waals surface area contributed by atoms with E-state index in [4.69, 9.17) is 0 Å². The molecule has 3 amide bonds. The highest BCUT2D eigenvalue weighted by molar-refractivity contribution is 6.22. The molecule has 6 heteroatoms. The van der Waals surface area contributed by atoms with Crippen LogP contribution >= 0.6 is 0 Å². The van der Waals surface area contributed by atoms with Gasteiger partial charge in [0.2, 0.25) is 0 Å². The lowest BCUT2D eigenvalue weighted by Gasteiger charge is -2.32. The molecule has 0 saturated carbocycles. The molecular weight excluding hydrogens is 258 g/mol. The summed E-state index contributed by atoms with van der Waals surface area (Å²) >= 11 is 0. The van der Waals surface area contributed by atoms with Crippen LogP contribution in [0.2, 0.25) is 0 Å². The average Bonchev–Trinajstić information content (AvgIpc) is 2.73. The molecule has 0 spiro atoms. The van der Waals surface area contributed by atoms with Crippen LogP contribution in [-0.2, 0) is 0 Å². The second kappa shape index (κ2) is 4.72. The Balaban J connectivity index is 1.88. The fraction of sp³-hybridized carbons (Fsp3) is 0.357. The third kappa shape index (κ3) is 2.08. The first kappa shape index (κ1) is 12.8. The Hall–Kier alpha value is -2.21. The van der Waals surface area contributed by atoms with Gasteiger partial charge >= 0.3 is 0 Å². The topological polar surface area (TPSA) is 78.5 Å². The van der Waals surface area contributed by atoms with Crippen molar-refractivity contribution in [1.29, 1.82) is 0 Å². The molecule has 2 aliphatic rings. The number of carbonyl (C=O) groups excluding carboxylic acids is 3. The number of carbonyl (C=O) groups is 3. The molecule has 1 fully saturated rings. The van der Waals surface area contributed by atoms with Crippen molar-refractivity contribution >= 4 is 17.7 Å². The van der Waals surface area contributed by atoms with Crippen molar-refractivity contribution in [3.8, 4) is 0 Å². The number of hydrogen-bond acceptors (Lipinski definition) is 4. The molecule has 104 valence electrons. The van der Waals surface area contributed by atoms with Gasteiger partial charge in [-0.1, -0.05) is 0 Å². The predicted octanol–water partition coefficient (Wildman–Crippen LogP) is 0.00410. The molecule has 2 heterocycles. The van der Waals surface area contributed by atoms with Crippen LogP contribution < -0.4 is 10.6 Å². The van der Waals surface area contributed by atoms with Gasteiger partial charge in [-0.15, -0.1) is 0 Å². The molecule has 2 aliphatic heterocycles. The van der Waals surface area contributed by atoms with Gasteiger partial charge in [0.1, 0.15) is 0 Å². The molecule has 1 aromatic carbocycles. The summed E-state index contributed by atoms with van der Waals surface area (Å²) in [6.45, 7) is 4.07. The smallest absolute Gasteiger partial charge is 0.258 e. The first-order chi connectivity index (χ1) is 9.56. The van der Waals surface area contributed by atoms with Crippen molar-refractivity contribution < 1.29 is 14.4 Å². The number of amides is 3. The lowest BCUT2D eigenvalue weighted by molar-refractivity contribution is 0.0708. The first-order valence-corrected chi connectivity index (χ1v) is 6.58. The third-order valence-corrected chi connectivity index (χ3v) is 3.64. The van der Waals surface area contributed by atoms with Gasteiger partial charge < -0.3 is 10.2 Å². The van der Waals surface area contributed by atoms with Crippen LogP contribution in [0.25, 0.3) is 0 Å².